The Kier molecular flexibility index (Phi) is 4.48. The number of fused-ring (bicyclic) bond motifs is 1. The van der Waals surface area contributed by atoms with Crippen molar-refractivity contribution in [2.75, 3.05) is 6.61 Å². The largest absolute Gasteiger partial charge is 0.485 e. The predicted octanol–water partition coefficient (Wildman–Crippen LogP) is 3.02. The van der Waals surface area contributed by atoms with E-state index in [1.807, 2.05) is 30.3 Å². The van der Waals surface area contributed by atoms with Crippen LogP contribution in [0.25, 0.3) is 0 Å². The monoisotopic (exact) mass is 330 g/mol. The van der Waals surface area contributed by atoms with Gasteiger partial charge >= 0.3 is 0 Å². The van der Waals surface area contributed by atoms with Crippen LogP contribution in [0.4, 0.5) is 0 Å². The third-order valence-electron chi connectivity index (χ3n) is 3.40. The molecule has 2 aromatic rings. The summed E-state index contributed by atoms with van der Waals surface area (Å²) >= 11 is 6.10. The summed E-state index contributed by atoms with van der Waals surface area (Å²) < 4.78 is 11.1. The molecule has 0 saturated heterocycles. The smallest absolute Gasteiger partial charge is 0.284 e. The summed E-state index contributed by atoms with van der Waals surface area (Å²) in [4.78, 5) is 12.2. The van der Waals surface area contributed by atoms with Gasteiger partial charge in [-0.3, -0.25) is 4.79 Å². The normalized spacial score (nSPS) is 16.8. The number of carbonyl (C=O) groups is 1. The van der Waals surface area contributed by atoms with Crippen LogP contribution < -0.4 is 14.9 Å². The van der Waals surface area contributed by atoms with E-state index in [0.29, 0.717) is 22.2 Å². The molecule has 1 atom stereocenters. The Morgan fingerprint density at radius 1 is 1.17 bits per heavy atom. The summed E-state index contributed by atoms with van der Waals surface area (Å²) in [6, 6.07) is 14.5. The topological polar surface area (TPSA) is 59.9 Å². The lowest BCUT2D eigenvalue weighted by Crippen LogP contribution is -2.42. The zero-order valence-electron chi connectivity index (χ0n) is 12.5. The van der Waals surface area contributed by atoms with Crippen molar-refractivity contribution >= 4 is 23.2 Å². The van der Waals surface area contributed by atoms with Crippen molar-refractivity contribution in [3.8, 4) is 11.5 Å². The quantitative estimate of drug-likeness (QED) is 0.695. The Labute approximate surface area is 138 Å². The molecule has 1 amide bonds. The van der Waals surface area contributed by atoms with E-state index in [9.17, 15) is 4.79 Å². The van der Waals surface area contributed by atoms with E-state index < -0.39 is 6.10 Å². The van der Waals surface area contributed by atoms with Crippen LogP contribution in [0.15, 0.2) is 53.6 Å². The summed E-state index contributed by atoms with van der Waals surface area (Å²) in [5, 5.41) is 4.66. The van der Waals surface area contributed by atoms with Gasteiger partial charge in [0.05, 0.1) is 5.71 Å². The Morgan fingerprint density at radius 3 is 2.65 bits per heavy atom. The van der Waals surface area contributed by atoms with Crippen molar-refractivity contribution in [1.82, 2.24) is 5.43 Å². The number of benzene rings is 2. The van der Waals surface area contributed by atoms with Crippen molar-refractivity contribution in [2.45, 2.75) is 13.0 Å². The maximum absolute atomic E-state index is 12.2. The molecular formula is C17H15ClN2O3. The van der Waals surface area contributed by atoms with Gasteiger partial charge in [-0.05, 0) is 25.1 Å². The zero-order valence-corrected chi connectivity index (χ0v) is 13.2. The lowest BCUT2D eigenvalue weighted by atomic mass is 10.1. The lowest BCUT2D eigenvalue weighted by Gasteiger charge is -2.24. The molecule has 0 radical (unpaired) electrons. The van der Waals surface area contributed by atoms with Crippen molar-refractivity contribution in [2.24, 2.45) is 5.10 Å². The number of hydrogen-bond donors (Lipinski definition) is 1. The second-order valence-electron chi connectivity index (χ2n) is 5.02. The number of nitrogens with zero attached hydrogens (tertiary/aromatic N) is 1. The highest BCUT2D eigenvalue weighted by atomic mass is 35.5. The highest BCUT2D eigenvalue weighted by Crippen LogP contribution is 2.30. The molecule has 2 aromatic carbocycles. The number of amides is 1. The number of carbonyl (C=O) groups excluding carboxylic acids is 1. The van der Waals surface area contributed by atoms with Gasteiger partial charge in [-0.25, -0.2) is 5.43 Å². The van der Waals surface area contributed by atoms with Gasteiger partial charge in [-0.1, -0.05) is 41.9 Å². The predicted molar refractivity (Wildman–Crippen MR) is 88.2 cm³/mol. The van der Waals surface area contributed by atoms with E-state index in [0.717, 1.165) is 5.56 Å². The van der Waals surface area contributed by atoms with Gasteiger partial charge in [0.2, 0.25) is 6.10 Å². The van der Waals surface area contributed by atoms with Crippen LogP contribution in [0.2, 0.25) is 5.02 Å². The fourth-order valence-corrected chi connectivity index (χ4v) is 2.45. The molecule has 1 N–H and O–H groups in total. The molecule has 0 unspecified atom stereocenters. The highest BCUT2D eigenvalue weighted by Gasteiger charge is 2.27. The fourth-order valence-electron chi connectivity index (χ4n) is 2.17. The van der Waals surface area contributed by atoms with Gasteiger partial charge in [0.25, 0.3) is 5.91 Å². The van der Waals surface area contributed by atoms with Crippen LogP contribution in [0, 0.1) is 0 Å². The highest BCUT2D eigenvalue weighted by molar-refractivity contribution is 6.34. The Hall–Kier alpha value is -2.53. The number of halogens is 1. The molecule has 1 aliphatic rings. The number of hydrogen-bond acceptors (Lipinski definition) is 4. The standard InChI is InChI=1S/C17H15ClN2O3/c1-11(12-6-2-3-7-13(12)18)19-20-17(21)16-10-22-14-8-4-5-9-15(14)23-16/h2-9,16H,10H2,1H3,(H,20,21)/b19-11-/t16-/m1/s1. The van der Waals surface area contributed by atoms with Crippen molar-refractivity contribution in [3.63, 3.8) is 0 Å². The van der Waals surface area contributed by atoms with Gasteiger partial charge < -0.3 is 9.47 Å². The SMILES string of the molecule is C/C(=N/NC(=O)[C@H]1COc2ccccc2O1)c1ccccc1Cl. The van der Waals surface area contributed by atoms with Gasteiger partial charge in [-0.15, -0.1) is 0 Å². The van der Waals surface area contributed by atoms with E-state index in [1.165, 1.54) is 0 Å². The average molecular weight is 331 g/mol. The van der Waals surface area contributed by atoms with E-state index >= 15 is 0 Å². The maximum Gasteiger partial charge on any atom is 0.284 e. The first kappa shape index (κ1) is 15.4. The fraction of sp³-hybridized carbons (Fsp3) is 0.176. The molecule has 0 spiro atoms. The average Bonchev–Trinajstić information content (AvgIpc) is 2.59. The van der Waals surface area contributed by atoms with E-state index in [-0.39, 0.29) is 12.5 Å². The first-order valence-electron chi connectivity index (χ1n) is 7.12. The van der Waals surface area contributed by atoms with Gasteiger partial charge in [0, 0.05) is 10.6 Å². The van der Waals surface area contributed by atoms with Crippen LogP contribution in [0.3, 0.4) is 0 Å². The Balaban J connectivity index is 1.66. The molecule has 6 heteroatoms. The molecule has 0 saturated carbocycles. The van der Waals surface area contributed by atoms with Crippen molar-refractivity contribution < 1.29 is 14.3 Å². The number of para-hydroxylation sites is 2. The van der Waals surface area contributed by atoms with Crippen molar-refractivity contribution in [1.29, 1.82) is 0 Å². The van der Waals surface area contributed by atoms with Crippen molar-refractivity contribution in [3.05, 3.63) is 59.1 Å². The molecule has 0 aromatic heterocycles. The minimum absolute atomic E-state index is 0.142. The number of rotatable bonds is 3. The third kappa shape index (κ3) is 3.46. The van der Waals surface area contributed by atoms with E-state index in [4.69, 9.17) is 21.1 Å². The molecule has 5 nitrogen and oxygen atoms in total. The third-order valence-corrected chi connectivity index (χ3v) is 3.73. The summed E-state index contributed by atoms with van der Waals surface area (Å²) in [5.74, 6) is 0.809. The van der Waals surface area contributed by atoms with Gasteiger partial charge in [0.1, 0.15) is 6.61 Å². The number of hydrazone groups is 1. The molecule has 3 rings (SSSR count). The Bertz CT molecular complexity index is 761. The second-order valence-corrected chi connectivity index (χ2v) is 5.42. The minimum Gasteiger partial charge on any atom is -0.485 e. The minimum atomic E-state index is -0.743. The van der Waals surface area contributed by atoms with E-state index in [1.54, 1.807) is 25.1 Å². The molecule has 118 valence electrons. The van der Waals surface area contributed by atoms with Crippen LogP contribution in [-0.2, 0) is 4.79 Å². The van der Waals surface area contributed by atoms with Crippen LogP contribution in [0.5, 0.6) is 11.5 Å². The first-order chi connectivity index (χ1) is 11.1. The Morgan fingerprint density at radius 2 is 1.87 bits per heavy atom. The second kappa shape index (κ2) is 6.71. The molecule has 23 heavy (non-hydrogen) atoms. The summed E-state index contributed by atoms with van der Waals surface area (Å²) in [6.45, 7) is 1.92. The molecule has 0 bridgehead atoms. The summed E-state index contributed by atoms with van der Waals surface area (Å²) in [6.07, 6.45) is -0.743. The summed E-state index contributed by atoms with van der Waals surface area (Å²) in [5.41, 5.74) is 3.87. The number of nitrogens with one attached hydrogen (secondary N) is 1. The first-order valence-corrected chi connectivity index (χ1v) is 7.50. The maximum atomic E-state index is 12.2. The van der Waals surface area contributed by atoms with Crippen LogP contribution in [0.1, 0.15) is 12.5 Å². The molecule has 0 fully saturated rings. The summed E-state index contributed by atoms with van der Waals surface area (Å²) in [7, 11) is 0. The van der Waals surface area contributed by atoms with Crippen LogP contribution in [-0.4, -0.2) is 24.3 Å². The van der Waals surface area contributed by atoms with E-state index in [2.05, 4.69) is 10.5 Å². The van der Waals surface area contributed by atoms with Gasteiger partial charge in [-0.2, -0.15) is 5.10 Å². The van der Waals surface area contributed by atoms with Crippen LogP contribution >= 0.6 is 11.6 Å². The molecule has 1 aliphatic heterocycles. The van der Waals surface area contributed by atoms with Gasteiger partial charge in [0.15, 0.2) is 11.5 Å². The molecule has 0 aliphatic carbocycles. The lowest BCUT2D eigenvalue weighted by molar-refractivity contribution is -0.130. The molecular weight excluding hydrogens is 316 g/mol. The zero-order chi connectivity index (χ0) is 16.2. The number of ether oxygens (including phenoxy) is 2. The molecule has 1 heterocycles.